The molecule has 10 heavy (non-hydrogen) atoms. The van der Waals surface area contributed by atoms with E-state index in [9.17, 15) is 4.79 Å². The molecule has 1 heterocycles. The van der Waals surface area contributed by atoms with Crippen molar-refractivity contribution in [1.82, 2.24) is 4.98 Å². The standard InChI is InChI=1S/C4HClINO2S/c5-2-1(3(8)9)10-4(6)7-2/h(H,8,9). The van der Waals surface area contributed by atoms with Crippen molar-refractivity contribution in [2.75, 3.05) is 0 Å². The second-order valence-corrected chi connectivity index (χ2v) is 4.50. The molecule has 0 bridgehead atoms. The van der Waals surface area contributed by atoms with E-state index < -0.39 is 5.97 Å². The number of carboxylic acids is 1. The SMILES string of the molecule is O=C(O)c1sc(I)nc1Cl. The van der Waals surface area contributed by atoms with Crippen molar-refractivity contribution in [2.45, 2.75) is 0 Å². The minimum atomic E-state index is -1.02. The first kappa shape index (κ1) is 8.22. The van der Waals surface area contributed by atoms with Crippen LogP contribution in [0, 0.1) is 3.01 Å². The Hall–Kier alpha value is 0.120. The molecule has 0 unspecified atom stereocenters. The van der Waals surface area contributed by atoms with Crippen LogP contribution >= 0.6 is 45.5 Å². The van der Waals surface area contributed by atoms with E-state index in [4.69, 9.17) is 16.7 Å². The van der Waals surface area contributed by atoms with Gasteiger partial charge in [-0.15, -0.1) is 0 Å². The van der Waals surface area contributed by atoms with Crippen LogP contribution in [0.15, 0.2) is 0 Å². The van der Waals surface area contributed by atoms with Crippen LogP contribution in [0.1, 0.15) is 9.67 Å². The molecule has 0 aromatic carbocycles. The first-order valence-electron chi connectivity index (χ1n) is 2.16. The van der Waals surface area contributed by atoms with Crippen molar-refractivity contribution in [1.29, 1.82) is 0 Å². The summed E-state index contributed by atoms with van der Waals surface area (Å²) in [5.74, 6) is -1.02. The molecule has 6 heteroatoms. The fourth-order valence-electron chi connectivity index (χ4n) is 0.409. The highest BCUT2D eigenvalue weighted by molar-refractivity contribution is 14.1. The van der Waals surface area contributed by atoms with Crippen molar-refractivity contribution in [3.8, 4) is 0 Å². The normalized spacial score (nSPS) is 9.80. The summed E-state index contributed by atoms with van der Waals surface area (Å²) >= 11 is 8.44. The average molecular weight is 289 g/mol. The molecule has 0 atom stereocenters. The lowest BCUT2D eigenvalue weighted by Gasteiger charge is -1.82. The predicted molar refractivity (Wildman–Crippen MR) is 46.8 cm³/mol. The van der Waals surface area contributed by atoms with Gasteiger partial charge in [-0.25, -0.2) is 9.78 Å². The fourth-order valence-corrected chi connectivity index (χ4v) is 2.31. The molecule has 3 nitrogen and oxygen atoms in total. The summed E-state index contributed by atoms with van der Waals surface area (Å²) in [6.45, 7) is 0. The summed E-state index contributed by atoms with van der Waals surface area (Å²) in [7, 11) is 0. The Kier molecular flexibility index (Phi) is 2.48. The quantitative estimate of drug-likeness (QED) is 0.806. The number of aromatic carboxylic acids is 1. The summed E-state index contributed by atoms with van der Waals surface area (Å²) < 4.78 is 0.639. The number of thiazole rings is 1. The van der Waals surface area contributed by atoms with Crippen molar-refractivity contribution >= 4 is 51.5 Å². The number of carboxylic acid groups (broad SMARTS) is 1. The first-order chi connectivity index (χ1) is 4.61. The van der Waals surface area contributed by atoms with Gasteiger partial charge in [0.05, 0.1) is 0 Å². The summed E-state index contributed by atoms with van der Waals surface area (Å²) in [6.07, 6.45) is 0. The highest BCUT2D eigenvalue weighted by Gasteiger charge is 2.13. The molecule has 1 aromatic heterocycles. The third kappa shape index (κ3) is 1.58. The smallest absolute Gasteiger partial charge is 0.349 e. The fraction of sp³-hybridized carbons (Fsp3) is 0. The van der Waals surface area contributed by atoms with Gasteiger partial charge in [-0.05, 0) is 22.6 Å². The Morgan fingerprint density at radius 3 is 2.60 bits per heavy atom. The van der Waals surface area contributed by atoms with E-state index in [1.54, 1.807) is 0 Å². The molecule has 0 aliphatic carbocycles. The molecular weight excluding hydrogens is 288 g/mol. The number of hydrogen-bond acceptors (Lipinski definition) is 3. The highest BCUT2D eigenvalue weighted by Crippen LogP contribution is 2.23. The molecule has 0 radical (unpaired) electrons. The van der Waals surface area contributed by atoms with Crippen LogP contribution in [0.3, 0.4) is 0 Å². The lowest BCUT2D eigenvalue weighted by Crippen LogP contribution is -1.91. The van der Waals surface area contributed by atoms with Gasteiger partial charge in [-0.2, -0.15) is 0 Å². The number of halogens is 2. The van der Waals surface area contributed by atoms with Crippen molar-refractivity contribution < 1.29 is 9.90 Å². The van der Waals surface area contributed by atoms with E-state index in [0.717, 1.165) is 11.3 Å². The van der Waals surface area contributed by atoms with E-state index in [1.165, 1.54) is 0 Å². The molecule has 0 aliphatic rings. The molecule has 0 spiro atoms. The first-order valence-corrected chi connectivity index (χ1v) is 4.43. The van der Waals surface area contributed by atoms with Crippen LogP contribution in [0.2, 0.25) is 5.15 Å². The van der Waals surface area contributed by atoms with Crippen molar-refractivity contribution in [3.63, 3.8) is 0 Å². The highest BCUT2D eigenvalue weighted by atomic mass is 127. The van der Waals surface area contributed by atoms with E-state index in [2.05, 4.69) is 4.98 Å². The van der Waals surface area contributed by atoms with Crippen LogP contribution in [0.4, 0.5) is 0 Å². The number of aromatic nitrogens is 1. The van der Waals surface area contributed by atoms with Crippen LogP contribution in [0.5, 0.6) is 0 Å². The molecule has 1 N–H and O–H groups in total. The largest absolute Gasteiger partial charge is 0.477 e. The maximum atomic E-state index is 10.3. The van der Waals surface area contributed by atoms with Crippen LogP contribution < -0.4 is 0 Å². The van der Waals surface area contributed by atoms with E-state index in [0.29, 0.717) is 3.01 Å². The Bertz CT molecular complexity index is 274. The zero-order chi connectivity index (χ0) is 7.72. The number of nitrogens with zero attached hydrogens (tertiary/aromatic N) is 1. The van der Waals surface area contributed by atoms with Gasteiger partial charge in [-0.3, -0.25) is 0 Å². The lowest BCUT2D eigenvalue weighted by atomic mass is 10.6. The Labute approximate surface area is 79.2 Å². The van der Waals surface area contributed by atoms with E-state index in [1.807, 2.05) is 22.6 Å². The maximum absolute atomic E-state index is 10.3. The predicted octanol–water partition coefficient (Wildman–Crippen LogP) is 2.10. The molecule has 1 rings (SSSR count). The van der Waals surface area contributed by atoms with Crippen molar-refractivity contribution in [3.05, 3.63) is 13.0 Å². The molecular formula is C4HClINO2S. The van der Waals surface area contributed by atoms with Crippen LogP contribution in [-0.2, 0) is 0 Å². The van der Waals surface area contributed by atoms with Crippen LogP contribution in [-0.4, -0.2) is 16.1 Å². The van der Waals surface area contributed by atoms with Gasteiger partial charge in [0.1, 0.15) is 0 Å². The zero-order valence-corrected chi connectivity index (χ0v) is 8.20. The molecule has 0 saturated heterocycles. The summed E-state index contributed by atoms with van der Waals surface area (Å²) in [5.41, 5.74) is 0. The molecule has 0 fully saturated rings. The van der Waals surface area contributed by atoms with E-state index in [-0.39, 0.29) is 10.0 Å². The Morgan fingerprint density at radius 2 is 2.40 bits per heavy atom. The molecule has 1 aromatic rings. The van der Waals surface area contributed by atoms with Gasteiger partial charge in [-0.1, -0.05) is 22.9 Å². The summed E-state index contributed by atoms with van der Waals surface area (Å²) in [6, 6.07) is 0. The summed E-state index contributed by atoms with van der Waals surface area (Å²) in [5, 5.41) is 8.53. The molecule has 54 valence electrons. The summed E-state index contributed by atoms with van der Waals surface area (Å²) in [4.78, 5) is 14.1. The third-order valence-electron chi connectivity index (χ3n) is 0.754. The zero-order valence-electron chi connectivity index (χ0n) is 4.47. The van der Waals surface area contributed by atoms with Crippen molar-refractivity contribution in [2.24, 2.45) is 0 Å². The minimum Gasteiger partial charge on any atom is -0.477 e. The monoisotopic (exact) mass is 289 g/mol. The minimum absolute atomic E-state index is 0.0712. The number of rotatable bonds is 1. The lowest BCUT2D eigenvalue weighted by molar-refractivity contribution is 0.0702. The second-order valence-electron chi connectivity index (χ2n) is 1.39. The van der Waals surface area contributed by atoms with Crippen LogP contribution in [0.25, 0.3) is 0 Å². The van der Waals surface area contributed by atoms with Gasteiger partial charge in [0.15, 0.2) is 13.0 Å². The number of hydrogen-bond donors (Lipinski definition) is 1. The van der Waals surface area contributed by atoms with Gasteiger partial charge in [0.25, 0.3) is 0 Å². The van der Waals surface area contributed by atoms with Gasteiger partial charge in [0.2, 0.25) is 0 Å². The Balaban J connectivity index is 3.15. The van der Waals surface area contributed by atoms with Gasteiger partial charge < -0.3 is 5.11 Å². The number of carbonyl (C=O) groups is 1. The molecule has 0 aliphatic heterocycles. The maximum Gasteiger partial charge on any atom is 0.349 e. The topological polar surface area (TPSA) is 50.2 Å². The third-order valence-corrected chi connectivity index (χ3v) is 2.87. The Morgan fingerprint density at radius 1 is 1.80 bits per heavy atom. The molecule has 0 amide bonds. The van der Waals surface area contributed by atoms with Gasteiger partial charge >= 0.3 is 5.97 Å². The average Bonchev–Trinajstić information content (AvgIpc) is 2.10. The second kappa shape index (κ2) is 3.02. The van der Waals surface area contributed by atoms with E-state index >= 15 is 0 Å². The van der Waals surface area contributed by atoms with Gasteiger partial charge in [0, 0.05) is 0 Å². The molecule has 0 saturated carbocycles.